The van der Waals surface area contributed by atoms with Crippen LogP contribution in [0.2, 0.25) is 0 Å². The maximum atomic E-state index is 14.2. The molecule has 6 nitrogen and oxygen atoms in total. The Labute approximate surface area is 233 Å². The van der Waals surface area contributed by atoms with Crippen molar-refractivity contribution in [2.75, 3.05) is 20.3 Å². The lowest BCUT2D eigenvalue weighted by Gasteiger charge is -2.36. The molecule has 1 heterocycles. The molecular formula is C28H24F8O6. The topological polar surface area (TPSA) is 75.0 Å². The van der Waals surface area contributed by atoms with E-state index >= 15 is 0 Å². The maximum Gasteiger partial charge on any atom is 0.378 e. The Kier molecular flexibility index (Phi) is 9.28. The van der Waals surface area contributed by atoms with Crippen LogP contribution in [0.3, 0.4) is 0 Å². The average Bonchev–Trinajstić information content (AvgIpc) is 2.92. The normalized spacial score (nSPS) is 12.7. The second-order valence-corrected chi connectivity index (χ2v) is 9.11. The molecule has 0 aliphatic heterocycles. The monoisotopic (exact) mass is 608 g/mol. The van der Waals surface area contributed by atoms with Crippen LogP contribution in [0.1, 0.15) is 18.4 Å². The summed E-state index contributed by atoms with van der Waals surface area (Å²) >= 11 is 0. The van der Waals surface area contributed by atoms with Crippen molar-refractivity contribution in [3.05, 3.63) is 71.1 Å². The summed E-state index contributed by atoms with van der Waals surface area (Å²) in [7, 11) is 1.48. The number of alkyl halides is 8. The minimum absolute atomic E-state index is 0.0622. The van der Waals surface area contributed by atoms with E-state index in [-0.39, 0.29) is 16.9 Å². The van der Waals surface area contributed by atoms with Crippen molar-refractivity contribution in [2.24, 2.45) is 0 Å². The quantitative estimate of drug-likeness (QED) is 0.0884. The molecule has 14 heteroatoms. The number of carbonyl (C=O) groups excluding carboxylic acids is 1. The number of aryl methyl sites for hydroxylation is 1. The van der Waals surface area contributed by atoms with Crippen LogP contribution < -0.4 is 15.1 Å². The summed E-state index contributed by atoms with van der Waals surface area (Å²) < 4.78 is 132. The molecular weight excluding hydrogens is 584 g/mol. The fraction of sp³-hybridized carbons (Fsp3) is 0.357. The molecule has 0 aliphatic carbocycles. The molecule has 42 heavy (non-hydrogen) atoms. The van der Waals surface area contributed by atoms with Gasteiger partial charge in [0.2, 0.25) is 0 Å². The van der Waals surface area contributed by atoms with E-state index in [0.29, 0.717) is 28.3 Å². The Morgan fingerprint density at radius 1 is 0.857 bits per heavy atom. The first-order valence-electron chi connectivity index (χ1n) is 12.1. The van der Waals surface area contributed by atoms with Gasteiger partial charge in [0, 0.05) is 17.5 Å². The van der Waals surface area contributed by atoms with Gasteiger partial charge >= 0.3 is 35.3 Å². The average molecular weight is 608 g/mol. The van der Waals surface area contributed by atoms with Gasteiger partial charge in [-0.1, -0.05) is 12.6 Å². The molecule has 0 fully saturated rings. The van der Waals surface area contributed by atoms with Crippen molar-refractivity contribution in [2.45, 2.75) is 43.5 Å². The van der Waals surface area contributed by atoms with Crippen LogP contribution in [-0.2, 0) is 9.53 Å². The van der Waals surface area contributed by atoms with E-state index in [9.17, 15) is 44.7 Å². The highest BCUT2D eigenvalue weighted by Crippen LogP contribution is 2.54. The molecule has 0 spiro atoms. The van der Waals surface area contributed by atoms with Gasteiger partial charge in [0.05, 0.1) is 38.7 Å². The first kappa shape index (κ1) is 32.4. The Bertz CT molecular complexity index is 1520. The molecule has 0 radical (unpaired) electrons. The minimum atomic E-state index is -6.52. The van der Waals surface area contributed by atoms with Crippen LogP contribution >= 0.6 is 0 Å². The summed E-state index contributed by atoms with van der Waals surface area (Å²) in [6, 6.07) is 10.2. The molecule has 0 unspecified atom stereocenters. The third kappa shape index (κ3) is 6.36. The summed E-state index contributed by atoms with van der Waals surface area (Å²) in [6.07, 6.45) is -3.72. The van der Waals surface area contributed by atoms with E-state index in [1.165, 1.54) is 25.3 Å². The maximum absolute atomic E-state index is 14.2. The lowest BCUT2D eigenvalue weighted by atomic mass is 9.95. The number of carbonyl (C=O) groups is 1. The van der Waals surface area contributed by atoms with Crippen LogP contribution in [-0.4, -0.2) is 50.0 Å². The SMILES string of the molecule is C=CC(=O)OCCC(F)(F)C(F)(F)C(F)(F)C(F)(F)CCOc1ccc2cc(-c3ccc(OC)cc3C)c(=O)oc2c1. The Balaban J connectivity index is 1.73. The van der Waals surface area contributed by atoms with E-state index in [0.717, 1.165) is 6.07 Å². The summed E-state index contributed by atoms with van der Waals surface area (Å²) in [4.78, 5) is 23.5. The van der Waals surface area contributed by atoms with Gasteiger partial charge in [-0.25, -0.2) is 9.59 Å². The molecule has 0 bridgehead atoms. The van der Waals surface area contributed by atoms with Gasteiger partial charge in [-0.15, -0.1) is 0 Å². The highest BCUT2D eigenvalue weighted by atomic mass is 19.4. The highest BCUT2D eigenvalue weighted by Gasteiger charge is 2.79. The van der Waals surface area contributed by atoms with Gasteiger partial charge in [0.15, 0.2) is 0 Å². The lowest BCUT2D eigenvalue weighted by Crippen LogP contribution is -2.62. The number of halogens is 8. The molecule has 0 amide bonds. The second kappa shape index (κ2) is 12.0. The number of esters is 1. The van der Waals surface area contributed by atoms with Crippen LogP contribution in [0.4, 0.5) is 35.1 Å². The third-order valence-electron chi connectivity index (χ3n) is 6.26. The van der Waals surface area contributed by atoms with Gasteiger partial charge in [-0.3, -0.25) is 0 Å². The van der Waals surface area contributed by atoms with E-state index in [1.54, 1.807) is 25.1 Å². The van der Waals surface area contributed by atoms with Crippen LogP contribution in [0.25, 0.3) is 22.1 Å². The second-order valence-electron chi connectivity index (χ2n) is 9.11. The third-order valence-corrected chi connectivity index (χ3v) is 6.26. The molecule has 0 atom stereocenters. The molecule has 1 aromatic heterocycles. The number of hydrogen-bond donors (Lipinski definition) is 0. The number of hydrogen-bond acceptors (Lipinski definition) is 6. The highest BCUT2D eigenvalue weighted by molar-refractivity contribution is 5.83. The summed E-state index contributed by atoms with van der Waals surface area (Å²) in [5.41, 5.74) is 0.636. The predicted octanol–water partition coefficient (Wildman–Crippen LogP) is 7.21. The van der Waals surface area contributed by atoms with Crippen molar-refractivity contribution in [3.63, 3.8) is 0 Å². The smallest absolute Gasteiger partial charge is 0.378 e. The molecule has 0 saturated heterocycles. The fourth-order valence-corrected chi connectivity index (χ4v) is 3.84. The lowest BCUT2D eigenvalue weighted by molar-refractivity contribution is -0.368. The van der Waals surface area contributed by atoms with Crippen LogP contribution in [0.5, 0.6) is 11.5 Å². The van der Waals surface area contributed by atoms with Gasteiger partial charge in [-0.05, 0) is 48.4 Å². The van der Waals surface area contributed by atoms with Crippen LogP contribution in [0.15, 0.2) is 64.3 Å². The molecule has 0 N–H and O–H groups in total. The molecule has 3 rings (SSSR count). The first-order chi connectivity index (χ1) is 19.5. The molecule has 2 aromatic carbocycles. The summed E-state index contributed by atoms with van der Waals surface area (Å²) in [5.74, 6) is -25.3. The van der Waals surface area contributed by atoms with Crippen molar-refractivity contribution >= 4 is 16.9 Å². The molecule has 0 saturated carbocycles. The zero-order valence-corrected chi connectivity index (χ0v) is 22.1. The van der Waals surface area contributed by atoms with Crippen molar-refractivity contribution in [3.8, 4) is 22.6 Å². The van der Waals surface area contributed by atoms with E-state index < -0.39 is 61.3 Å². The zero-order valence-electron chi connectivity index (χ0n) is 22.1. The van der Waals surface area contributed by atoms with Crippen LogP contribution in [0, 0.1) is 6.92 Å². The van der Waals surface area contributed by atoms with Crippen molar-refractivity contribution in [1.29, 1.82) is 0 Å². The van der Waals surface area contributed by atoms with E-state index in [4.69, 9.17) is 13.9 Å². The first-order valence-corrected chi connectivity index (χ1v) is 12.1. The van der Waals surface area contributed by atoms with E-state index in [1.807, 2.05) is 0 Å². The summed E-state index contributed by atoms with van der Waals surface area (Å²) in [5, 5.41) is 0.379. The van der Waals surface area contributed by atoms with Gasteiger partial charge < -0.3 is 18.6 Å². The van der Waals surface area contributed by atoms with Gasteiger partial charge in [0.25, 0.3) is 0 Å². The zero-order chi connectivity index (χ0) is 31.5. The minimum Gasteiger partial charge on any atom is -0.497 e. The van der Waals surface area contributed by atoms with Crippen molar-refractivity contribution in [1.82, 2.24) is 0 Å². The Hall–Kier alpha value is -4.10. The standard InChI is InChI=1S/C28H24F8O6/c1-4-23(37)41-12-10-26(31,32)28(35,36)27(33,34)25(29,30)9-11-40-19-6-5-17-14-21(24(38)42-22(17)15-19)20-8-7-18(39-3)13-16(20)2/h4-8,13-15H,1,9-12H2,2-3H3. The summed E-state index contributed by atoms with van der Waals surface area (Å²) in [6.45, 7) is 1.93. The van der Waals surface area contributed by atoms with Gasteiger partial charge in [-0.2, -0.15) is 35.1 Å². The van der Waals surface area contributed by atoms with E-state index in [2.05, 4.69) is 11.3 Å². The number of fused-ring (bicyclic) bond motifs is 1. The fourth-order valence-electron chi connectivity index (χ4n) is 3.84. The number of benzene rings is 2. The molecule has 3 aromatic rings. The number of ether oxygens (including phenoxy) is 3. The Morgan fingerprint density at radius 2 is 1.45 bits per heavy atom. The predicted molar refractivity (Wildman–Crippen MR) is 135 cm³/mol. The number of methoxy groups -OCH3 is 1. The van der Waals surface area contributed by atoms with Gasteiger partial charge in [0.1, 0.15) is 17.1 Å². The molecule has 0 aliphatic rings. The Morgan fingerprint density at radius 3 is 2.02 bits per heavy atom. The number of rotatable bonds is 13. The van der Waals surface area contributed by atoms with Crippen molar-refractivity contribution < 1.29 is 58.5 Å². The largest absolute Gasteiger partial charge is 0.497 e. The molecule has 228 valence electrons.